The average molecular weight is 228 g/mol. The lowest BCUT2D eigenvalue weighted by atomic mass is 10.1. The van der Waals surface area contributed by atoms with Crippen molar-refractivity contribution in [3.8, 4) is 0 Å². The summed E-state index contributed by atoms with van der Waals surface area (Å²) < 4.78 is 0. The van der Waals surface area contributed by atoms with Crippen molar-refractivity contribution in [2.24, 2.45) is 0 Å². The summed E-state index contributed by atoms with van der Waals surface area (Å²) in [6.07, 6.45) is 2.51. The molecule has 0 radical (unpaired) electrons. The Labute approximate surface area is 100 Å². The molecule has 2 heterocycles. The molecule has 17 heavy (non-hydrogen) atoms. The fourth-order valence-electron chi connectivity index (χ4n) is 2.49. The molecule has 1 aliphatic heterocycles. The van der Waals surface area contributed by atoms with Crippen LogP contribution in [0, 0.1) is 0 Å². The zero-order valence-electron chi connectivity index (χ0n) is 9.78. The van der Waals surface area contributed by atoms with Gasteiger partial charge in [-0.3, -0.25) is 9.69 Å². The number of hydrogen-bond acceptors (Lipinski definition) is 2. The first-order chi connectivity index (χ1) is 8.33. The standard InChI is InChI=1S/C14H16N2O/c17-14-12(10-16-7-3-4-8-16)9-11-5-1-2-6-13(11)15-14/h1-2,5-6,9H,3-4,7-8,10H2,(H,15,17). The topological polar surface area (TPSA) is 36.1 Å². The molecule has 3 rings (SSSR count). The summed E-state index contributed by atoms with van der Waals surface area (Å²) in [6.45, 7) is 3.01. The number of nitrogens with zero attached hydrogens (tertiary/aromatic N) is 1. The van der Waals surface area contributed by atoms with E-state index in [4.69, 9.17) is 0 Å². The predicted molar refractivity (Wildman–Crippen MR) is 69.1 cm³/mol. The van der Waals surface area contributed by atoms with Gasteiger partial charge in [0.2, 0.25) is 0 Å². The fraction of sp³-hybridized carbons (Fsp3) is 0.357. The molecular formula is C14H16N2O. The van der Waals surface area contributed by atoms with Gasteiger partial charge in [-0.1, -0.05) is 18.2 Å². The molecule has 1 fully saturated rings. The van der Waals surface area contributed by atoms with Crippen molar-refractivity contribution < 1.29 is 0 Å². The lowest BCUT2D eigenvalue weighted by molar-refractivity contribution is 0.330. The third kappa shape index (κ3) is 2.11. The highest BCUT2D eigenvalue weighted by Gasteiger charge is 2.13. The van der Waals surface area contributed by atoms with E-state index in [0.717, 1.165) is 36.1 Å². The Morgan fingerprint density at radius 2 is 1.94 bits per heavy atom. The van der Waals surface area contributed by atoms with Crippen LogP contribution >= 0.6 is 0 Å². The van der Waals surface area contributed by atoms with Gasteiger partial charge in [-0.15, -0.1) is 0 Å². The molecule has 1 aromatic carbocycles. The number of H-pyrrole nitrogens is 1. The molecule has 0 atom stereocenters. The quantitative estimate of drug-likeness (QED) is 0.854. The van der Waals surface area contributed by atoms with E-state index >= 15 is 0 Å². The number of aromatic nitrogens is 1. The minimum absolute atomic E-state index is 0.0515. The second-order valence-corrected chi connectivity index (χ2v) is 4.69. The summed E-state index contributed by atoms with van der Waals surface area (Å²) in [5, 5.41) is 1.11. The molecule has 2 aromatic rings. The summed E-state index contributed by atoms with van der Waals surface area (Å²) in [5.41, 5.74) is 1.85. The normalized spacial score (nSPS) is 16.7. The van der Waals surface area contributed by atoms with Crippen LogP contribution in [0.2, 0.25) is 0 Å². The van der Waals surface area contributed by atoms with Crippen LogP contribution < -0.4 is 5.56 Å². The Bertz CT molecular complexity index is 582. The summed E-state index contributed by atoms with van der Waals surface area (Å²) in [5.74, 6) is 0. The average Bonchev–Trinajstić information content (AvgIpc) is 2.83. The number of pyridine rings is 1. The third-order valence-corrected chi connectivity index (χ3v) is 3.42. The molecule has 0 spiro atoms. The summed E-state index contributed by atoms with van der Waals surface area (Å²) in [7, 11) is 0. The molecule has 3 nitrogen and oxygen atoms in total. The van der Waals surface area contributed by atoms with Crippen molar-refractivity contribution in [3.05, 3.63) is 46.2 Å². The van der Waals surface area contributed by atoms with Gasteiger partial charge in [0.15, 0.2) is 0 Å². The molecule has 0 saturated carbocycles. The molecule has 1 aliphatic rings. The highest BCUT2D eigenvalue weighted by Crippen LogP contribution is 2.14. The van der Waals surface area contributed by atoms with E-state index in [1.807, 2.05) is 30.3 Å². The molecule has 0 amide bonds. The SMILES string of the molecule is O=c1[nH]c2ccccc2cc1CN1CCCC1. The molecular weight excluding hydrogens is 212 g/mol. The van der Waals surface area contributed by atoms with Gasteiger partial charge >= 0.3 is 0 Å². The van der Waals surface area contributed by atoms with E-state index in [1.54, 1.807) is 0 Å². The van der Waals surface area contributed by atoms with Crippen molar-refractivity contribution in [2.75, 3.05) is 13.1 Å². The number of fused-ring (bicyclic) bond motifs is 1. The Morgan fingerprint density at radius 1 is 1.18 bits per heavy atom. The lowest BCUT2D eigenvalue weighted by Gasteiger charge is -2.14. The summed E-state index contributed by atoms with van der Waals surface area (Å²) in [6, 6.07) is 9.94. The number of hydrogen-bond donors (Lipinski definition) is 1. The zero-order valence-corrected chi connectivity index (χ0v) is 9.78. The van der Waals surface area contributed by atoms with Crippen molar-refractivity contribution in [1.29, 1.82) is 0 Å². The Balaban J connectivity index is 1.98. The summed E-state index contributed by atoms with van der Waals surface area (Å²) in [4.78, 5) is 17.2. The number of aromatic amines is 1. The van der Waals surface area contributed by atoms with Gasteiger partial charge in [0.25, 0.3) is 5.56 Å². The third-order valence-electron chi connectivity index (χ3n) is 3.42. The summed E-state index contributed by atoms with van der Waals surface area (Å²) >= 11 is 0. The first-order valence-electron chi connectivity index (χ1n) is 6.16. The Morgan fingerprint density at radius 3 is 2.76 bits per heavy atom. The number of nitrogens with one attached hydrogen (secondary N) is 1. The van der Waals surface area contributed by atoms with Gasteiger partial charge in [0.05, 0.1) is 0 Å². The largest absolute Gasteiger partial charge is 0.322 e. The Hall–Kier alpha value is -1.61. The zero-order chi connectivity index (χ0) is 11.7. The maximum absolute atomic E-state index is 11.9. The number of rotatable bonds is 2. The maximum Gasteiger partial charge on any atom is 0.252 e. The molecule has 1 N–H and O–H groups in total. The second kappa shape index (κ2) is 4.34. The molecule has 3 heteroatoms. The van der Waals surface area contributed by atoms with Gasteiger partial charge in [0.1, 0.15) is 0 Å². The highest BCUT2D eigenvalue weighted by atomic mass is 16.1. The smallest absolute Gasteiger partial charge is 0.252 e. The van der Waals surface area contributed by atoms with Gasteiger partial charge in [-0.05, 0) is 43.5 Å². The monoisotopic (exact) mass is 228 g/mol. The van der Waals surface area contributed by atoms with Gasteiger partial charge in [0, 0.05) is 17.6 Å². The number of para-hydroxylation sites is 1. The van der Waals surface area contributed by atoms with Crippen LogP contribution in [0.5, 0.6) is 0 Å². The van der Waals surface area contributed by atoms with E-state index in [1.165, 1.54) is 12.8 Å². The van der Waals surface area contributed by atoms with Crippen LogP contribution in [0.25, 0.3) is 10.9 Å². The van der Waals surface area contributed by atoms with Crippen molar-refractivity contribution in [3.63, 3.8) is 0 Å². The van der Waals surface area contributed by atoms with Crippen LogP contribution in [0.3, 0.4) is 0 Å². The van der Waals surface area contributed by atoms with E-state index in [-0.39, 0.29) is 5.56 Å². The number of likely N-dealkylation sites (tertiary alicyclic amines) is 1. The lowest BCUT2D eigenvalue weighted by Crippen LogP contribution is -2.24. The minimum atomic E-state index is 0.0515. The predicted octanol–water partition coefficient (Wildman–Crippen LogP) is 2.12. The van der Waals surface area contributed by atoms with Gasteiger partial charge in [-0.25, -0.2) is 0 Å². The van der Waals surface area contributed by atoms with Crippen LogP contribution in [-0.4, -0.2) is 23.0 Å². The van der Waals surface area contributed by atoms with E-state index in [9.17, 15) is 4.79 Å². The highest BCUT2D eigenvalue weighted by molar-refractivity contribution is 5.78. The molecule has 0 unspecified atom stereocenters. The fourth-order valence-corrected chi connectivity index (χ4v) is 2.49. The maximum atomic E-state index is 11.9. The second-order valence-electron chi connectivity index (χ2n) is 4.69. The Kier molecular flexibility index (Phi) is 2.69. The molecule has 1 aromatic heterocycles. The van der Waals surface area contributed by atoms with E-state index in [0.29, 0.717) is 0 Å². The van der Waals surface area contributed by atoms with Crippen molar-refractivity contribution in [1.82, 2.24) is 9.88 Å². The molecule has 1 saturated heterocycles. The van der Waals surface area contributed by atoms with Crippen molar-refractivity contribution >= 4 is 10.9 Å². The van der Waals surface area contributed by atoms with E-state index in [2.05, 4.69) is 9.88 Å². The van der Waals surface area contributed by atoms with Gasteiger partial charge in [-0.2, -0.15) is 0 Å². The molecule has 0 bridgehead atoms. The van der Waals surface area contributed by atoms with Crippen molar-refractivity contribution in [2.45, 2.75) is 19.4 Å². The number of benzene rings is 1. The first kappa shape index (κ1) is 10.5. The van der Waals surface area contributed by atoms with Crippen LogP contribution in [0.4, 0.5) is 0 Å². The van der Waals surface area contributed by atoms with E-state index < -0.39 is 0 Å². The van der Waals surface area contributed by atoms with Crippen LogP contribution in [-0.2, 0) is 6.54 Å². The van der Waals surface area contributed by atoms with Crippen LogP contribution in [0.1, 0.15) is 18.4 Å². The minimum Gasteiger partial charge on any atom is -0.322 e. The van der Waals surface area contributed by atoms with Gasteiger partial charge < -0.3 is 4.98 Å². The molecule has 0 aliphatic carbocycles. The van der Waals surface area contributed by atoms with Crippen LogP contribution in [0.15, 0.2) is 35.1 Å². The molecule has 88 valence electrons. The first-order valence-corrected chi connectivity index (χ1v) is 6.16.